The van der Waals surface area contributed by atoms with Crippen molar-refractivity contribution in [2.45, 2.75) is 26.1 Å². The Bertz CT molecular complexity index is 517. The molecular formula is C16H21NO4. The van der Waals surface area contributed by atoms with Gasteiger partial charge in [-0.25, -0.2) is 0 Å². The van der Waals surface area contributed by atoms with Crippen LogP contribution in [0.25, 0.3) is 0 Å². The maximum absolute atomic E-state index is 12.5. The van der Waals surface area contributed by atoms with Crippen molar-refractivity contribution >= 4 is 5.91 Å². The number of phenolic OH excluding ortho intramolecular Hbond substituents is 1. The second-order valence-electron chi connectivity index (χ2n) is 5.76. The van der Waals surface area contributed by atoms with E-state index in [2.05, 4.69) is 0 Å². The van der Waals surface area contributed by atoms with Crippen molar-refractivity contribution in [2.75, 3.05) is 26.3 Å². The first kappa shape index (κ1) is 14.4. The third-order valence-corrected chi connectivity index (χ3v) is 4.24. The van der Waals surface area contributed by atoms with Gasteiger partial charge in [0.25, 0.3) is 5.91 Å². The van der Waals surface area contributed by atoms with Gasteiger partial charge in [0.05, 0.1) is 18.8 Å². The van der Waals surface area contributed by atoms with E-state index in [-0.39, 0.29) is 17.9 Å². The average molecular weight is 291 g/mol. The molecule has 1 N–H and O–H groups in total. The van der Waals surface area contributed by atoms with Gasteiger partial charge in [-0.3, -0.25) is 4.79 Å². The zero-order valence-electron chi connectivity index (χ0n) is 12.2. The Morgan fingerprint density at radius 1 is 1.24 bits per heavy atom. The first-order valence-corrected chi connectivity index (χ1v) is 7.47. The largest absolute Gasteiger partial charge is 0.507 e. The third-order valence-electron chi connectivity index (χ3n) is 4.24. The number of hydrogen-bond acceptors (Lipinski definition) is 4. The fourth-order valence-corrected chi connectivity index (χ4v) is 3.02. The molecule has 0 atom stereocenters. The maximum atomic E-state index is 12.5. The van der Waals surface area contributed by atoms with Crippen molar-refractivity contribution in [3.63, 3.8) is 0 Å². The molecular weight excluding hydrogens is 270 g/mol. The lowest BCUT2D eigenvalue weighted by Crippen LogP contribution is -2.41. The van der Waals surface area contributed by atoms with E-state index in [4.69, 9.17) is 9.47 Å². The summed E-state index contributed by atoms with van der Waals surface area (Å²) in [4.78, 5) is 14.3. The summed E-state index contributed by atoms with van der Waals surface area (Å²) in [5, 5.41) is 9.87. The highest BCUT2D eigenvalue weighted by atomic mass is 16.7. The van der Waals surface area contributed by atoms with E-state index < -0.39 is 0 Å². The molecule has 0 bridgehead atoms. The minimum atomic E-state index is -0.102. The lowest BCUT2D eigenvalue weighted by atomic mass is 9.95. The molecule has 114 valence electrons. The molecule has 2 aliphatic rings. The van der Waals surface area contributed by atoms with Gasteiger partial charge in [-0.15, -0.1) is 0 Å². The van der Waals surface area contributed by atoms with Crippen LogP contribution in [0, 0.1) is 12.8 Å². The smallest absolute Gasteiger partial charge is 0.257 e. The van der Waals surface area contributed by atoms with E-state index in [9.17, 15) is 9.90 Å². The molecule has 3 rings (SSSR count). The number of aromatic hydroxyl groups is 1. The first-order valence-electron chi connectivity index (χ1n) is 7.47. The number of carbonyl (C=O) groups is 1. The SMILES string of the molecule is Cc1ccc(O)c(C(=O)N2CCC(C3OCCO3)CC2)c1. The number of likely N-dealkylation sites (tertiary alicyclic amines) is 1. The molecule has 0 aliphatic carbocycles. The molecule has 2 aliphatic heterocycles. The topological polar surface area (TPSA) is 59.0 Å². The van der Waals surface area contributed by atoms with Gasteiger partial charge in [0.1, 0.15) is 5.75 Å². The normalized spacial score (nSPS) is 20.9. The summed E-state index contributed by atoms with van der Waals surface area (Å²) >= 11 is 0. The Balaban J connectivity index is 1.63. The molecule has 2 saturated heterocycles. The van der Waals surface area contributed by atoms with Crippen molar-refractivity contribution < 1.29 is 19.4 Å². The van der Waals surface area contributed by atoms with Gasteiger partial charge < -0.3 is 19.5 Å². The van der Waals surface area contributed by atoms with E-state index in [0.717, 1.165) is 18.4 Å². The number of hydrogen-bond donors (Lipinski definition) is 1. The van der Waals surface area contributed by atoms with Crippen LogP contribution in [0.4, 0.5) is 0 Å². The van der Waals surface area contributed by atoms with E-state index in [1.807, 2.05) is 6.92 Å². The van der Waals surface area contributed by atoms with Crippen molar-refractivity contribution in [1.82, 2.24) is 4.90 Å². The molecule has 5 heteroatoms. The number of benzene rings is 1. The van der Waals surface area contributed by atoms with E-state index >= 15 is 0 Å². The summed E-state index contributed by atoms with van der Waals surface area (Å²) in [6, 6.07) is 5.12. The summed E-state index contributed by atoms with van der Waals surface area (Å²) in [6.07, 6.45) is 1.65. The molecule has 2 heterocycles. The molecule has 5 nitrogen and oxygen atoms in total. The van der Waals surface area contributed by atoms with E-state index in [1.165, 1.54) is 0 Å². The standard InChI is InChI=1S/C16H21NO4/c1-11-2-3-14(18)13(10-11)15(19)17-6-4-12(5-7-17)16-20-8-9-21-16/h2-3,10,12,16,18H,4-9H2,1H3. The number of carbonyl (C=O) groups excluding carboxylic acids is 1. The Kier molecular flexibility index (Phi) is 4.12. The summed E-state index contributed by atoms with van der Waals surface area (Å²) in [7, 11) is 0. The van der Waals surface area contributed by atoms with Crippen molar-refractivity contribution in [3.05, 3.63) is 29.3 Å². The number of phenols is 1. The van der Waals surface area contributed by atoms with Crippen LogP contribution in [0.5, 0.6) is 5.75 Å². The number of rotatable bonds is 2. The van der Waals surface area contributed by atoms with Crippen molar-refractivity contribution in [3.8, 4) is 5.75 Å². The predicted molar refractivity (Wildman–Crippen MR) is 77.2 cm³/mol. The highest BCUT2D eigenvalue weighted by molar-refractivity contribution is 5.97. The zero-order valence-corrected chi connectivity index (χ0v) is 12.2. The number of piperidine rings is 1. The van der Waals surface area contributed by atoms with E-state index in [1.54, 1.807) is 23.1 Å². The molecule has 1 aromatic rings. The molecule has 0 saturated carbocycles. The van der Waals surface area contributed by atoms with Gasteiger partial charge >= 0.3 is 0 Å². The predicted octanol–water partition coefficient (Wildman–Crippen LogP) is 1.93. The monoisotopic (exact) mass is 291 g/mol. The lowest BCUT2D eigenvalue weighted by Gasteiger charge is -2.34. The van der Waals surface area contributed by atoms with Crippen LogP contribution in [0.3, 0.4) is 0 Å². The average Bonchev–Trinajstić information content (AvgIpc) is 3.03. The molecule has 0 unspecified atom stereocenters. The molecule has 0 spiro atoms. The van der Waals surface area contributed by atoms with Gasteiger partial charge in [-0.05, 0) is 31.9 Å². The number of amides is 1. The van der Waals surface area contributed by atoms with Crippen LogP contribution in [-0.2, 0) is 9.47 Å². The van der Waals surface area contributed by atoms with Gasteiger partial charge in [-0.2, -0.15) is 0 Å². The van der Waals surface area contributed by atoms with Crippen LogP contribution in [0.1, 0.15) is 28.8 Å². The number of ether oxygens (including phenoxy) is 2. The minimum Gasteiger partial charge on any atom is -0.507 e. The fourth-order valence-electron chi connectivity index (χ4n) is 3.02. The second-order valence-corrected chi connectivity index (χ2v) is 5.76. The molecule has 21 heavy (non-hydrogen) atoms. The van der Waals surface area contributed by atoms with Crippen LogP contribution < -0.4 is 0 Å². The molecule has 1 amide bonds. The summed E-state index contributed by atoms with van der Waals surface area (Å²) in [6.45, 7) is 4.61. The Labute approximate surface area is 124 Å². The van der Waals surface area contributed by atoms with Crippen molar-refractivity contribution in [1.29, 1.82) is 0 Å². The highest BCUT2D eigenvalue weighted by Gasteiger charge is 2.32. The molecule has 0 radical (unpaired) electrons. The quantitative estimate of drug-likeness (QED) is 0.904. The van der Waals surface area contributed by atoms with Crippen LogP contribution in [0.15, 0.2) is 18.2 Å². The van der Waals surface area contributed by atoms with Gasteiger partial charge in [0, 0.05) is 19.0 Å². The fraction of sp³-hybridized carbons (Fsp3) is 0.562. The maximum Gasteiger partial charge on any atom is 0.257 e. The molecule has 2 fully saturated rings. The third kappa shape index (κ3) is 3.04. The lowest BCUT2D eigenvalue weighted by molar-refractivity contribution is -0.0956. The number of nitrogens with zero attached hydrogens (tertiary/aromatic N) is 1. The van der Waals surface area contributed by atoms with Crippen LogP contribution in [-0.4, -0.2) is 48.5 Å². The van der Waals surface area contributed by atoms with Crippen molar-refractivity contribution in [2.24, 2.45) is 5.92 Å². The molecule has 0 aromatic heterocycles. The van der Waals surface area contributed by atoms with Crippen LogP contribution >= 0.6 is 0 Å². The van der Waals surface area contributed by atoms with E-state index in [0.29, 0.717) is 37.8 Å². The Hall–Kier alpha value is -1.59. The van der Waals surface area contributed by atoms with Crippen LogP contribution in [0.2, 0.25) is 0 Å². The summed E-state index contributed by atoms with van der Waals surface area (Å²) in [5.74, 6) is 0.320. The zero-order chi connectivity index (χ0) is 14.8. The summed E-state index contributed by atoms with van der Waals surface area (Å²) < 4.78 is 11.1. The molecule has 1 aromatic carbocycles. The Morgan fingerprint density at radius 3 is 2.57 bits per heavy atom. The highest BCUT2D eigenvalue weighted by Crippen LogP contribution is 2.28. The van der Waals surface area contributed by atoms with Gasteiger partial charge in [0.2, 0.25) is 0 Å². The summed E-state index contributed by atoms with van der Waals surface area (Å²) in [5.41, 5.74) is 1.36. The van der Waals surface area contributed by atoms with Gasteiger partial charge in [-0.1, -0.05) is 11.6 Å². The minimum absolute atomic E-state index is 0.0511. The number of aryl methyl sites for hydroxylation is 1. The second kappa shape index (κ2) is 6.03. The van der Waals surface area contributed by atoms with Gasteiger partial charge in [0.15, 0.2) is 6.29 Å². The Morgan fingerprint density at radius 2 is 1.90 bits per heavy atom. The first-order chi connectivity index (χ1) is 10.1.